The highest BCUT2D eigenvalue weighted by molar-refractivity contribution is 6.76. The molecule has 0 atom stereocenters. The van der Waals surface area contributed by atoms with Crippen LogP contribution in [0, 0.1) is 0 Å². The van der Waals surface area contributed by atoms with Gasteiger partial charge in [0.05, 0.1) is 6.20 Å². The number of alkyl halides is 2. The lowest BCUT2D eigenvalue weighted by Gasteiger charge is -2.34. The number of anilines is 1. The van der Waals surface area contributed by atoms with Crippen LogP contribution in [0.1, 0.15) is 12.8 Å². The molecule has 0 unspecified atom stereocenters. The maximum atomic E-state index is 12.7. The minimum Gasteiger partial charge on any atom is -0.471 e. The molecule has 0 amide bonds. The van der Waals surface area contributed by atoms with E-state index in [-0.39, 0.29) is 18.7 Å². The highest BCUT2D eigenvalue weighted by Crippen LogP contribution is 2.40. The second kappa shape index (κ2) is 5.92. The Morgan fingerprint density at radius 1 is 1.43 bits per heavy atom. The summed E-state index contributed by atoms with van der Waals surface area (Å²) in [6.07, 6.45) is 0.553. The smallest absolute Gasteiger partial charge is 0.256 e. The molecule has 0 aromatic carbocycles. The predicted molar refractivity (Wildman–Crippen MR) is 79.3 cm³/mol. The molecule has 21 heavy (non-hydrogen) atoms. The van der Waals surface area contributed by atoms with E-state index in [4.69, 9.17) is 15.2 Å². The van der Waals surface area contributed by atoms with Crippen LogP contribution in [0.5, 0.6) is 5.88 Å². The van der Waals surface area contributed by atoms with Crippen molar-refractivity contribution in [3.63, 3.8) is 0 Å². The van der Waals surface area contributed by atoms with Crippen molar-refractivity contribution in [2.75, 3.05) is 12.3 Å². The maximum Gasteiger partial charge on any atom is 0.256 e. The standard InChI is InChI=1S/C13H23F2N3O2Si/c1-21(2,3)5-4-19-9-18-8-11(16)12(17-18)20-10-6-13(14,15)7-10/h8,10H,4-7,9,16H2,1-3H3. The first kappa shape index (κ1) is 16.2. The molecule has 120 valence electrons. The number of nitrogen functional groups attached to an aromatic ring is 1. The first-order valence-corrected chi connectivity index (χ1v) is 10.8. The summed E-state index contributed by atoms with van der Waals surface area (Å²) in [6.45, 7) is 7.81. The van der Waals surface area contributed by atoms with Crippen molar-refractivity contribution in [1.29, 1.82) is 0 Å². The van der Waals surface area contributed by atoms with Crippen LogP contribution in [0.2, 0.25) is 25.7 Å². The zero-order valence-electron chi connectivity index (χ0n) is 12.7. The van der Waals surface area contributed by atoms with Crippen LogP contribution >= 0.6 is 0 Å². The largest absolute Gasteiger partial charge is 0.471 e. The fourth-order valence-corrected chi connectivity index (χ4v) is 2.72. The molecule has 2 rings (SSSR count). The van der Waals surface area contributed by atoms with E-state index in [9.17, 15) is 8.78 Å². The Morgan fingerprint density at radius 3 is 2.67 bits per heavy atom. The molecule has 5 nitrogen and oxygen atoms in total. The molecule has 0 aliphatic heterocycles. The summed E-state index contributed by atoms with van der Waals surface area (Å²) in [4.78, 5) is 0. The number of hydrogen-bond donors (Lipinski definition) is 1. The lowest BCUT2D eigenvalue weighted by molar-refractivity contribution is -0.135. The van der Waals surface area contributed by atoms with Crippen molar-refractivity contribution in [3.05, 3.63) is 6.20 Å². The number of nitrogens with zero attached hydrogens (tertiary/aromatic N) is 2. The van der Waals surface area contributed by atoms with Crippen molar-refractivity contribution in [3.8, 4) is 5.88 Å². The Hall–Kier alpha value is -1.15. The summed E-state index contributed by atoms with van der Waals surface area (Å²) in [5.41, 5.74) is 6.11. The van der Waals surface area contributed by atoms with Gasteiger partial charge in [0.2, 0.25) is 0 Å². The van der Waals surface area contributed by atoms with Crippen molar-refractivity contribution in [1.82, 2.24) is 9.78 Å². The molecule has 1 aliphatic carbocycles. The van der Waals surface area contributed by atoms with Crippen LogP contribution in [0.3, 0.4) is 0 Å². The molecule has 1 aromatic heterocycles. The van der Waals surface area contributed by atoms with Gasteiger partial charge in [-0.1, -0.05) is 19.6 Å². The van der Waals surface area contributed by atoms with Crippen molar-refractivity contribution in [2.45, 2.75) is 57.3 Å². The minimum atomic E-state index is -2.61. The van der Waals surface area contributed by atoms with E-state index in [0.29, 0.717) is 19.0 Å². The van der Waals surface area contributed by atoms with E-state index >= 15 is 0 Å². The first-order chi connectivity index (χ1) is 9.65. The normalized spacial score (nSPS) is 18.5. The Bertz CT molecular complexity index is 480. The third-order valence-electron chi connectivity index (χ3n) is 3.31. The number of nitrogens with two attached hydrogens (primary N) is 1. The fraction of sp³-hybridized carbons (Fsp3) is 0.769. The van der Waals surface area contributed by atoms with Crippen molar-refractivity contribution in [2.24, 2.45) is 0 Å². The van der Waals surface area contributed by atoms with Gasteiger partial charge in [-0.2, -0.15) is 0 Å². The van der Waals surface area contributed by atoms with E-state index in [0.717, 1.165) is 6.04 Å². The van der Waals surface area contributed by atoms with Crippen LogP contribution in [0.25, 0.3) is 0 Å². The molecule has 2 N–H and O–H groups in total. The second-order valence-corrected chi connectivity index (χ2v) is 12.4. The lowest BCUT2D eigenvalue weighted by Crippen LogP contribution is -2.43. The number of halogens is 2. The van der Waals surface area contributed by atoms with Gasteiger partial charge in [0.1, 0.15) is 18.5 Å². The lowest BCUT2D eigenvalue weighted by atomic mass is 9.91. The predicted octanol–water partition coefficient (Wildman–Crippen LogP) is 2.95. The summed E-state index contributed by atoms with van der Waals surface area (Å²) in [6, 6.07) is 1.07. The number of hydrogen-bond acceptors (Lipinski definition) is 4. The number of aromatic nitrogens is 2. The Morgan fingerprint density at radius 2 is 2.10 bits per heavy atom. The molecule has 1 fully saturated rings. The summed E-state index contributed by atoms with van der Waals surface area (Å²) in [7, 11) is -1.11. The van der Waals surface area contributed by atoms with Crippen LogP contribution in [0.15, 0.2) is 6.20 Å². The van der Waals surface area contributed by atoms with Gasteiger partial charge in [-0.05, 0) is 6.04 Å². The molecule has 1 heterocycles. The van der Waals surface area contributed by atoms with Crippen molar-refractivity contribution < 1.29 is 18.3 Å². The zero-order chi connectivity index (χ0) is 15.7. The zero-order valence-corrected chi connectivity index (χ0v) is 13.7. The first-order valence-electron chi connectivity index (χ1n) is 7.10. The third-order valence-corrected chi connectivity index (χ3v) is 5.01. The molecule has 0 bridgehead atoms. The average molecular weight is 319 g/mol. The number of rotatable bonds is 7. The highest BCUT2D eigenvalue weighted by Gasteiger charge is 2.47. The summed E-state index contributed by atoms with van der Waals surface area (Å²) < 4.78 is 37.9. The molecule has 0 saturated heterocycles. The highest BCUT2D eigenvalue weighted by atomic mass is 28.3. The van der Waals surface area contributed by atoms with E-state index < -0.39 is 20.1 Å². The van der Waals surface area contributed by atoms with Gasteiger partial charge in [0, 0.05) is 27.5 Å². The maximum absolute atomic E-state index is 12.7. The molecular weight excluding hydrogens is 296 g/mol. The Kier molecular flexibility index (Phi) is 4.57. The second-order valence-electron chi connectivity index (χ2n) is 6.78. The SMILES string of the molecule is C[Si](C)(C)CCOCn1cc(N)c(OC2CC(F)(F)C2)n1. The summed E-state index contributed by atoms with van der Waals surface area (Å²) in [5.74, 6) is -2.40. The molecule has 0 radical (unpaired) electrons. The van der Waals surface area contributed by atoms with Gasteiger partial charge < -0.3 is 15.2 Å². The van der Waals surface area contributed by atoms with Crippen molar-refractivity contribution >= 4 is 13.8 Å². The third kappa shape index (κ3) is 4.96. The Balaban J connectivity index is 1.77. The summed E-state index contributed by atoms with van der Waals surface area (Å²) >= 11 is 0. The summed E-state index contributed by atoms with van der Waals surface area (Å²) in [5, 5.41) is 4.12. The van der Waals surface area contributed by atoms with E-state index in [1.807, 2.05) is 0 Å². The number of ether oxygens (including phenoxy) is 2. The van der Waals surface area contributed by atoms with Crippen LogP contribution in [-0.4, -0.2) is 36.5 Å². The molecule has 0 spiro atoms. The quantitative estimate of drug-likeness (QED) is 0.620. The Labute approximate surface area is 124 Å². The van der Waals surface area contributed by atoms with Gasteiger partial charge in [-0.3, -0.25) is 0 Å². The van der Waals surface area contributed by atoms with E-state index in [2.05, 4.69) is 24.7 Å². The van der Waals surface area contributed by atoms with Gasteiger partial charge in [0.15, 0.2) is 0 Å². The fourth-order valence-electron chi connectivity index (χ4n) is 1.96. The van der Waals surface area contributed by atoms with Gasteiger partial charge in [-0.15, -0.1) is 5.10 Å². The molecule has 1 aliphatic rings. The average Bonchev–Trinajstić information content (AvgIpc) is 2.62. The molecule has 8 heteroatoms. The van der Waals surface area contributed by atoms with Crippen LogP contribution in [0.4, 0.5) is 14.5 Å². The molecular formula is C13H23F2N3O2Si. The van der Waals surface area contributed by atoms with Gasteiger partial charge >= 0.3 is 0 Å². The van der Waals surface area contributed by atoms with Crippen LogP contribution in [-0.2, 0) is 11.5 Å². The molecule has 1 aromatic rings. The topological polar surface area (TPSA) is 62.3 Å². The van der Waals surface area contributed by atoms with E-state index in [1.165, 1.54) is 4.68 Å². The van der Waals surface area contributed by atoms with E-state index in [1.54, 1.807) is 6.20 Å². The van der Waals surface area contributed by atoms with Gasteiger partial charge in [0.25, 0.3) is 11.8 Å². The van der Waals surface area contributed by atoms with Crippen LogP contribution < -0.4 is 10.5 Å². The minimum absolute atomic E-state index is 0.212. The molecule has 1 saturated carbocycles. The monoisotopic (exact) mass is 319 g/mol. The van der Waals surface area contributed by atoms with Gasteiger partial charge in [-0.25, -0.2) is 13.5 Å².